The number of imide groups is 1. The van der Waals surface area contributed by atoms with Gasteiger partial charge in [-0.2, -0.15) is 3.71 Å². The van der Waals surface area contributed by atoms with Gasteiger partial charge in [0.2, 0.25) is 20.0 Å². The number of aromatic nitrogens is 1. The van der Waals surface area contributed by atoms with Crippen molar-refractivity contribution >= 4 is 47.4 Å². The molecule has 13 nitrogen and oxygen atoms in total. The smallest absolute Gasteiger partial charge is 0.264 e. The molecule has 1 atom stereocenters. The maximum Gasteiger partial charge on any atom is 0.264 e. The number of ether oxygens (including phenoxy) is 2. The van der Waals surface area contributed by atoms with E-state index in [2.05, 4.69) is 4.98 Å². The zero-order valence-corrected chi connectivity index (χ0v) is 23.0. The standard InChI is InChI=1S/C21H25N3O10S3/c1-6-34-19-17(33-2)11-10-14(22-19)16(12-35(3,27)28)23-20(25)13-8-7-9-15(18(13)21(23)26)24(36(4,29)30)37(5,31)32/h7-11,16H,6,12H2,1-5H3. The quantitative estimate of drug-likeness (QED) is 0.363. The second-order valence-electron chi connectivity index (χ2n) is 8.19. The van der Waals surface area contributed by atoms with Crippen LogP contribution < -0.4 is 13.2 Å². The average Bonchev–Trinajstić information content (AvgIpc) is 3.00. The zero-order valence-electron chi connectivity index (χ0n) is 20.5. The molecule has 0 aliphatic carbocycles. The van der Waals surface area contributed by atoms with Crippen LogP contribution in [0, 0.1) is 0 Å². The summed E-state index contributed by atoms with van der Waals surface area (Å²) in [4.78, 5) is 32.0. The first-order valence-electron chi connectivity index (χ1n) is 10.6. The summed E-state index contributed by atoms with van der Waals surface area (Å²) in [5.41, 5.74) is -1.37. The van der Waals surface area contributed by atoms with Crippen molar-refractivity contribution in [2.45, 2.75) is 13.0 Å². The molecule has 0 saturated heterocycles. The van der Waals surface area contributed by atoms with E-state index in [1.165, 1.54) is 31.4 Å². The number of carbonyl (C=O) groups is 2. The second-order valence-corrected chi connectivity index (χ2v) is 14.3. The first-order chi connectivity index (χ1) is 17.0. The van der Waals surface area contributed by atoms with Crippen LogP contribution in [0.2, 0.25) is 0 Å². The SMILES string of the molecule is CCOc1nc(C(CS(C)(=O)=O)N2C(=O)c3cccc(N(S(C)(=O)=O)S(C)(=O)=O)c3C2=O)ccc1OC. The fraction of sp³-hybridized carbons (Fsp3) is 0.381. The molecule has 1 aliphatic rings. The molecule has 0 N–H and O–H groups in total. The van der Waals surface area contributed by atoms with Gasteiger partial charge in [-0.05, 0) is 31.2 Å². The van der Waals surface area contributed by atoms with E-state index in [0.29, 0.717) is 17.4 Å². The monoisotopic (exact) mass is 575 g/mol. The van der Waals surface area contributed by atoms with Crippen molar-refractivity contribution in [1.82, 2.24) is 9.88 Å². The summed E-state index contributed by atoms with van der Waals surface area (Å²) < 4.78 is 84.8. The van der Waals surface area contributed by atoms with E-state index >= 15 is 0 Å². The molecule has 0 radical (unpaired) electrons. The number of pyridine rings is 1. The first-order valence-corrected chi connectivity index (χ1v) is 16.3. The minimum Gasteiger partial charge on any atom is -0.491 e. The van der Waals surface area contributed by atoms with Crippen LogP contribution in [0.1, 0.15) is 39.4 Å². The summed E-state index contributed by atoms with van der Waals surface area (Å²) in [7, 11) is -11.4. The molecule has 1 aliphatic heterocycles. The molecule has 202 valence electrons. The number of nitrogens with zero attached hydrogens (tertiary/aromatic N) is 3. The topological polar surface area (TPSA) is 174 Å². The summed E-state index contributed by atoms with van der Waals surface area (Å²) in [5.74, 6) is -2.53. The number of hydrogen-bond donors (Lipinski definition) is 0. The predicted molar refractivity (Wildman–Crippen MR) is 134 cm³/mol. The van der Waals surface area contributed by atoms with Gasteiger partial charge in [-0.3, -0.25) is 14.5 Å². The van der Waals surface area contributed by atoms with E-state index in [0.717, 1.165) is 12.3 Å². The van der Waals surface area contributed by atoms with E-state index < -0.39 is 64.7 Å². The number of hydrogen-bond acceptors (Lipinski definition) is 11. The zero-order chi connectivity index (χ0) is 27.9. The van der Waals surface area contributed by atoms with Gasteiger partial charge in [0.25, 0.3) is 17.7 Å². The van der Waals surface area contributed by atoms with E-state index in [9.17, 15) is 34.8 Å². The minimum absolute atomic E-state index is 0.00127. The molecular weight excluding hydrogens is 550 g/mol. The van der Waals surface area contributed by atoms with Crippen molar-refractivity contribution in [2.75, 3.05) is 41.9 Å². The van der Waals surface area contributed by atoms with Crippen molar-refractivity contribution in [3.8, 4) is 11.6 Å². The van der Waals surface area contributed by atoms with Gasteiger partial charge >= 0.3 is 0 Å². The van der Waals surface area contributed by atoms with Gasteiger partial charge in [0.1, 0.15) is 9.84 Å². The van der Waals surface area contributed by atoms with Crippen molar-refractivity contribution in [3.63, 3.8) is 0 Å². The predicted octanol–water partition coefficient (Wildman–Crippen LogP) is 0.596. The van der Waals surface area contributed by atoms with E-state index in [1.807, 2.05) is 0 Å². The van der Waals surface area contributed by atoms with Crippen LogP contribution in [0.3, 0.4) is 0 Å². The number of rotatable bonds is 10. The second kappa shape index (κ2) is 9.90. The highest BCUT2D eigenvalue weighted by Gasteiger charge is 2.46. The average molecular weight is 576 g/mol. The lowest BCUT2D eigenvalue weighted by Crippen LogP contribution is -2.39. The molecule has 0 spiro atoms. The van der Waals surface area contributed by atoms with Gasteiger partial charge in [-0.1, -0.05) is 6.07 Å². The van der Waals surface area contributed by atoms with Crippen LogP contribution in [0.15, 0.2) is 30.3 Å². The van der Waals surface area contributed by atoms with Crippen molar-refractivity contribution in [2.24, 2.45) is 0 Å². The van der Waals surface area contributed by atoms with Gasteiger partial charge in [0.15, 0.2) is 5.75 Å². The molecule has 0 fully saturated rings. The summed E-state index contributed by atoms with van der Waals surface area (Å²) in [6.07, 6.45) is 2.18. The Hall–Kier alpha value is -3.24. The fourth-order valence-corrected chi connectivity index (χ4v) is 7.81. The Morgan fingerprint density at radius 2 is 1.57 bits per heavy atom. The molecule has 2 heterocycles. The molecule has 0 bridgehead atoms. The van der Waals surface area contributed by atoms with Crippen LogP contribution in [-0.2, 0) is 29.9 Å². The normalized spacial score (nSPS) is 14.9. The van der Waals surface area contributed by atoms with Crippen molar-refractivity contribution < 1.29 is 44.3 Å². The number of methoxy groups -OCH3 is 1. The lowest BCUT2D eigenvalue weighted by Gasteiger charge is -2.26. The molecule has 1 aromatic carbocycles. The molecule has 1 aromatic heterocycles. The molecule has 3 rings (SSSR count). The summed E-state index contributed by atoms with van der Waals surface area (Å²) in [6, 6.07) is 4.84. The molecule has 1 unspecified atom stereocenters. The molecule has 16 heteroatoms. The van der Waals surface area contributed by atoms with Crippen LogP contribution in [0.5, 0.6) is 11.6 Å². The molecule has 2 aromatic rings. The lowest BCUT2D eigenvalue weighted by atomic mass is 10.1. The first kappa shape index (κ1) is 28.3. The van der Waals surface area contributed by atoms with Crippen molar-refractivity contribution in [3.05, 3.63) is 47.2 Å². The maximum atomic E-state index is 13.6. The highest BCUT2D eigenvalue weighted by Crippen LogP contribution is 2.39. The van der Waals surface area contributed by atoms with Crippen LogP contribution in [0.4, 0.5) is 5.69 Å². The number of carbonyl (C=O) groups excluding carboxylic acids is 2. The molecule has 0 saturated carbocycles. The fourth-order valence-electron chi connectivity index (χ4n) is 3.93. The summed E-state index contributed by atoms with van der Waals surface area (Å²) >= 11 is 0. The number of fused-ring (bicyclic) bond motifs is 1. The minimum atomic E-state index is -4.45. The Labute approximate surface area is 215 Å². The molecular formula is C21H25N3O10S3. The Balaban J connectivity index is 2.25. The third-order valence-corrected chi connectivity index (χ3v) is 9.33. The number of sulfone groups is 1. The van der Waals surface area contributed by atoms with E-state index in [-0.39, 0.29) is 33.2 Å². The highest BCUT2D eigenvalue weighted by molar-refractivity contribution is 8.09. The maximum absolute atomic E-state index is 13.6. The van der Waals surface area contributed by atoms with Crippen LogP contribution >= 0.6 is 0 Å². The van der Waals surface area contributed by atoms with Gasteiger partial charge in [-0.15, -0.1) is 0 Å². The number of amides is 2. The molecule has 37 heavy (non-hydrogen) atoms. The highest BCUT2D eigenvalue weighted by atomic mass is 32.3. The summed E-state index contributed by atoms with van der Waals surface area (Å²) in [6.45, 7) is 1.87. The van der Waals surface area contributed by atoms with Gasteiger partial charge in [0, 0.05) is 6.26 Å². The Kier molecular flexibility index (Phi) is 7.58. The third-order valence-electron chi connectivity index (χ3n) is 5.19. The summed E-state index contributed by atoms with van der Waals surface area (Å²) in [5, 5.41) is 0. The largest absolute Gasteiger partial charge is 0.491 e. The Bertz CT molecular complexity index is 1550. The van der Waals surface area contributed by atoms with Gasteiger partial charge in [-0.25, -0.2) is 30.2 Å². The van der Waals surface area contributed by atoms with Gasteiger partial charge < -0.3 is 9.47 Å². The lowest BCUT2D eigenvalue weighted by molar-refractivity contribution is 0.0594. The number of anilines is 1. The molecule has 2 amide bonds. The van der Waals surface area contributed by atoms with Crippen LogP contribution in [0.25, 0.3) is 0 Å². The van der Waals surface area contributed by atoms with Gasteiger partial charge in [0.05, 0.1) is 60.5 Å². The number of sulfonamides is 2. The van der Waals surface area contributed by atoms with Crippen molar-refractivity contribution in [1.29, 1.82) is 0 Å². The van der Waals surface area contributed by atoms with E-state index in [1.54, 1.807) is 6.92 Å². The van der Waals surface area contributed by atoms with Crippen LogP contribution in [-0.4, -0.2) is 85.2 Å². The number of benzene rings is 1. The third kappa shape index (κ3) is 5.70. The Morgan fingerprint density at radius 1 is 0.946 bits per heavy atom. The Morgan fingerprint density at radius 3 is 2.08 bits per heavy atom. The van der Waals surface area contributed by atoms with E-state index in [4.69, 9.17) is 9.47 Å².